The molecule has 7 saturated heterocycles. The van der Waals surface area contributed by atoms with E-state index in [4.69, 9.17) is 68.4 Å². The van der Waals surface area contributed by atoms with Crippen molar-refractivity contribution < 1.29 is 100 Å². The predicted octanol–water partition coefficient (Wildman–Crippen LogP) is 6.63. The van der Waals surface area contributed by atoms with E-state index in [-0.39, 0.29) is 73.6 Å². The van der Waals surface area contributed by atoms with Crippen LogP contribution in [-0.2, 0) is 52.1 Å². The number of nitrogens with one attached hydrogen (secondary N) is 2. The van der Waals surface area contributed by atoms with Gasteiger partial charge in [-0.15, -0.1) is 0 Å². The molecule has 10 heterocycles. The first-order valence-electron chi connectivity index (χ1n) is 33.6. The number of aliphatic hydroxyl groups is 5. The molecule has 3 aromatic rings. The summed E-state index contributed by atoms with van der Waals surface area (Å²) in [5.74, 6) is -2.26. The van der Waals surface area contributed by atoms with Gasteiger partial charge in [-0.2, -0.15) is 15.0 Å². The standard InChI is InChI=1S/C17H26FN3O4.C15H22FN3O6.C11H16FN3O2.C9H16O4.C8H16O.C5H10O4/c1-5-6-7-8-24-17(23)20-14-13(18)9-21(16(22)19-14)15-11(3)10(2)12(4)25-15;1-3-4-5-6-24-15(23)18-12-9(16)7-19(14(22)17-12)13-11(21)10(20)8(2)25-13;1-5-6(2)10(17-7(5)3)15-4-8(12)9(13)14-11(15)16;1-5-6-7(8(10-4)11-5)13-9(2,3)12-6;1-5-6(2)8(4)9-7(5)3;1-2-3(6)4(7)5(8)9-2/h9-12,15H,5-8H2,1-4H3,(H,19,20,22,23);7-8,10-11,13,20-21H,3-6H2,1-2H3,(H,17,18,22,23);4-7,10H,1-3H3,(H2,13,14,16);5-8H,1-4H3;5-8H,1-4H3;2-8H,1H3/t10?,11-,12+,15+;8-,10?,11+,13-;5?,6-,7+,10+;5-,6+,7?,8?;5-,6?,7?,8+;2-,3?,4+,5?/m010101/s1. The summed E-state index contributed by atoms with van der Waals surface area (Å²) in [6.45, 7) is 34.0. The van der Waals surface area contributed by atoms with Crippen molar-refractivity contribution in [1.29, 1.82) is 0 Å². The van der Waals surface area contributed by atoms with Crippen molar-refractivity contribution in [3.63, 3.8) is 0 Å². The van der Waals surface area contributed by atoms with E-state index in [1.54, 1.807) is 14.0 Å². The van der Waals surface area contributed by atoms with Gasteiger partial charge in [-0.25, -0.2) is 37.1 Å². The lowest BCUT2D eigenvalue weighted by molar-refractivity contribution is -0.224. The predicted molar refractivity (Wildman–Crippen MR) is 348 cm³/mol. The third kappa shape index (κ3) is 21.6. The highest BCUT2D eigenvalue weighted by Crippen LogP contribution is 2.41. The number of fused-ring (bicyclic) bond motifs is 1. The number of nitrogens with two attached hydrogens (primary N) is 1. The van der Waals surface area contributed by atoms with Gasteiger partial charge in [0.1, 0.15) is 49.1 Å². The van der Waals surface area contributed by atoms with Crippen LogP contribution >= 0.6 is 0 Å². The Labute approximate surface area is 569 Å². The van der Waals surface area contributed by atoms with Crippen LogP contribution in [0.15, 0.2) is 33.0 Å². The highest BCUT2D eigenvalue weighted by Gasteiger charge is 2.54. The van der Waals surface area contributed by atoms with Crippen LogP contribution in [0.3, 0.4) is 0 Å². The summed E-state index contributed by atoms with van der Waals surface area (Å²) in [4.78, 5) is 69.6. The zero-order valence-corrected chi connectivity index (χ0v) is 59.4. The summed E-state index contributed by atoms with van der Waals surface area (Å²) in [7, 11) is 1.62. The molecule has 24 atom stereocenters. The number of unbranched alkanes of at least 4 members (excludes halogenated alkanes) is 4. The Bertz CT molecular complexity index is 3050. The van der Waals surface area contributed by atoms with Crippen LogP contribution in [0.4, 0.5) is 40.2 Å². The van der Waals surface area contributed by atoms with Crippen LogP contribution in [0.25, 0.3) is 0 Å². The summed E-state index contributed by atoms with van der Waals surface area (Å²) < 4.78 is 103. The molecule has 558 valence electrons. The first kappa shape index (κ1) is 82.9. The monoisotopic (exact) mass is 1410 g/mol. The van der Waals surface area contributed by atoms with Gasteiger partial charge in [-0.05, 0) is 98.8 Å². The number of methoxy groups -OCH3 is 1. The molecule has 0 radical (unpaired) electrons. The Kier molecular flexibility index (Phi) is 31.5. The fourth-order valence-electron chi connectivity index (χ4n) is 11.6. The van der Waals surface area contributed by atoms with E-state index in [1.165, 1.54) is 11.5 Å². The van der Waals surface area contributed by atoms with E-state index >= 15 is 0 Å². The van der Waals surface area contributed by atoms with Crippen LogP contribution in [0.1, 0.15) is 175 Å². The number of nitrogen functional groups attached to an aromatic ring is 1. The Morgan fingerprint density at radius 3 is 1.22 bits per heavy atom. The molecule has 2 amide bonds. The van der Waals surface area contributed by atoms with Crippen LogP contribution in [-0.4, -0.2) is 184 Å². The molecular weight excluding hydrogens is 1300 g/mol. The SMILES string of the molecule is CC1O[C@H](C)C(C)[C@@H]1C.CC1[C@@H](C)O[C@@H](n2cc(F)c(N)nc2=O)[C@H]1C.CCCCCOC(=O)Nc1nc(=O)n([C@@H]2O[C@H](C)C(C)[C@@H]2C)cc1F.CCCCCOC(=O)Nc1nc(=O)n([C@@H]2O[C@H](C)C(O)[C@@H]2O)cc1F.COC1O[C@H](C)[C@@H]2OC(C)(C)OC12.C[C@H]1OC(O)[C@@H](O)C1O. The molecule has 7 aliphatic rings. The fraction of sp³-hybridized carbons (Fsp3) is 0.785. The van der Waals surface area contributed by atoms with Gasteiger partial charge in [0, 0.05) is 18.9 Å². The molecule has 0 bridgehead atoms. The van der Waals surface area contributed by atoms with E-state index in [2.05, 4.69) is 58.0 Å². The van der Waals surface area contributed by atoms with Gasteiger partial charge in [-0.3, -0.25) is 24.3 Å². The van der Waals surface area contributed by atoms with Gasteiger partial charge >= 0.3 is 29.3 Å². The third-order valence-electron chi connectivity index (χ3n) is 18.9. The summed E-state index contributed by atoms with van der Waals surface area (Å²) in [6, 6.07) is 0. The topological polar surface area (TPSA) is 392 Å². The van der Waals surface area contributed by atoms with Crippen molar-refractivity contribution in [2.45, 2.75) is 273 Å². The van der Waals surface area contributed by atoms with Crippen LogP contribution in [0.5, 0.6) is 0 Å². The van der Waals surface area contributed by atoms with E-state index in [0.717, 1.165) is 71.7 Å². The molecule has 3 aromatic heterocycles. The number of aliphatic hydroxyl groups excluding tert-OH is 5. The molecule has 0 aliphatic carbocycles. The lowest BCUT2D eigenvalue weighted by Crippen LogP contribution is -2.36. The average Bonchev–Trinajstić information content (AvgIpc) is 1.60. The zero-order chi connectivity index (χ0) is 73.5. The Balaban J connectivity index is 0.000000221. The van der Waals surface area contributed by atoms with E-state index in [0.29, 0.717) is 24.5 Å². The number of rotatable bonds is 14. The van der Waals surface area contributed by atoms with Crippen molar-refractivity contribution in [2.24, 2.45) is 35.5 Å². The second kappa shape index (κ2) is 37.2. The molecule has 9 N–H and O–H groups in total. The second-order valence-corrected chi connectivity index (χ2v) is 26.5. The lowest BCUT2D eigenvalue weighted by atomic mass is 9.92. The molecule has 0 aromatic carbocycles. The minimum atomic E-state index is -1.41. The fourth-order valence-corrected chi connectivity index (χ4v) is 11.6. The minimum absolute atomic E-state index is 0.0000463. The summed E-state index contributed by atoms with van der Waals surface area (Å²) in [5.41, 5.74) is 3.03. The zero-order valence-electron chi connectivity index (χ0n) is 59.4. The van der Waals surface area contributed by atoms with Crippen LogP contribution in [0, 0.1) is 53.0 Å². The number of hydrogen-bond donors (Lipinski definition) is 8. The van der Waals surface area contributed by atoms with Gasteiger partial charge in [0.2, 0.25) is 0 Å². The van der Waals surface area contributed by atoms with Crippen LogP contribution < -0.4 is 33.4 Å². The number of nitrogens with zero attached hydrogens (tertiary/aromatic N) is 6. The maximum absolute atomic E-state index is 14.3. The number of hydrogen-bond acceptors (Lipinski definition) is 25. The minimum Gasteiger partial charge on any atom is -0.449 e. The van der Waals surface area contributed by atoms with Crippen molar-refractivity contribution >= 4 is 29.6 Å². The number of carbonyl (C=O) groups is 2. The summed E-state index contributed by atoms with van der Waals surface area (Å²) in [6.07, 6.45) is -2.60. The molecule has 33 heteroatoms. The highest BCUT2D eigenvalue weighted by molar-refractivity contribution is 5.83. The van der Waals surface area contributed by atoms with Crippen molar-refractivity contribution in [3.05, 3.63) is 67.5 Å². The van der Waals surface area contributed by atoms with E-state index < -0.39 is 126 Å². The normalized spacial score (nSPS) is 34.8. The molecular formula is C65H106F3N9O21. The number of aromatic nitrogens is 6. The largest absolute Gasteiger partial charge is 0.449 e. The second-order valence-electron chi connectivity index (χ2n) is 26.5. The lowest BCUT2D eigenvalue weighted by Gasteiger charge is -2.22. The highest BCUT2D eigenvalue weighted by atomic mass is 19.1. The maximum atomic E-state index is 14.3. The first-order chi connectivity index (χ1) is 45.9. The van der Waals surface area contributed by atoms with Gasteiger partial charge < -0.3 is 83.4 Å². The molecule has 7 aliphatic heterocycles. The quantitative estimate of drug-likeness (QED) is 0.0784. The molecule has 0 spiro atoms. The molecule has 10 rings (SSSR count). The van der Waals surface area contributed by atoms with Gasteiger partial charge in [0.15, 0.2) is 59.5 Å². The van der Waals surface area contributed by atoms with E-state index in [1.807, 2.05) is 76.2 Å². The number of amides is 2. The number of ether oxygens (including phenoxy) is 11. The number of halogens is 3. The van der Waals surface area contributed by atoms with Crippen molar-refractivity contribution in [1.82, 2.24) is 28.7 Å². The first-order valence-corrected chi connectivity index (χ1v) is 33.6. The molecule has 98 heavy (non-hydrogen) atoms. The maximum Gasteiger partial charge on any atom is 0.412 e. The third-order valence-corrected chi connectivity index (χ3v) is 18.9. The van der Waals surface area contributed by atoms with Gasteiger partial charge in [0.05, 0.1) is 74.5 Å². The number of anilines is 3. The smallest absolute Gasteiger partial charge is 0.412 e. The summed E-state index contributed by atoms with van der Waals surface area (Å²) >= 11 is 0. The Morgan fingerprint density at radius 1 is 0.500 bits per heavy atom. The van der Waals surface area contributed by atoms with Crippen LogP contribution in [0.2, 0.25) is 0 Å². The van der Waals surface area contributed by atoms with E-state index in [9.17, 15) is 47.4 Å². The van der Waals surface area contributed by atoms with Gasteiger partial charge in [-0.1, -0.05) is 81.1 Å². The molecule has 0 saturated carbocycles. The van der Waals surface area contributed by atoms with Gasteiger partial charge in [0.25, 0.3) is 0 Å². The Morgan fingerprint density at radius 2 is 0.878 bits per heavy atom. The number of carbonyl (C=O) groups excluding carboxylic acids is 2. The molecule has 9 unspecified atom stereocenters. The summed E-state index contributed by atoms with van der Waals surface area (Å²) in [5, 5.41) is 50.2. The Hall–Kier alpha value is -5.79. The molecule has 30 nitrogen and oxygen atoms in total. The average molecular weight is 1410 g/mol. The van der Waals surface area contributed by atoms with Crippen molar-refractivity contribution in [3.8, 4) is 0 Å². The van der Waals surface area contributed by atoms with Crippen molar-refractivity contribution in [2.75, 3.05) is 36.7 Å². The molecule has 7 fully saturated rings.